The summed E-state index contributed by atoms with van der Waals surface area (Å²) in [5.41, 5.74) is 0. The predicted octanol–water partition coefficient (Wildman–Crippen LogP) is 2.98. The summed E-state index contributed by atoms with van der Waals surface area (Å²) in [5, 5.41) is 8.66. The molecule has 118 valence electrons. The Kier molecular flexibility index (Phi) is 6.79. The highest BCUT2D eigenvalue weighted by molar-refractivity contribution is 5.78. The van der Waals surface area contributed by atoms with Crippen LogP contribution in [0.15, 0.2) is 0 Å². The van der Waals surface area contributed by atoms with Crippen molar-refractivity contribution in [1.29, 1.82) is 0 Å². The summed E-state index contributed by atoms with van der Waals surface area (Å²) in [6.07, 6.45) is -0.773. The maximum Gasteiger partial charge on any atom is 0.391 e. The number of amides is 1. The van der Waals surface area contributed by atoms with Crippen LogP contribution in [-0.2, 0) is 4.79 Å². The second-order valence-corrected chi connectivity index (χ2v) is 5.65. The van der Waals surface area contributed by atoms with E-state index >= 15 is 0 Å². The maximum absolute atomic E-state index is 12.7. The first-order chi connectivity index (χ1) is 9.36. The van der Waals surface area contributed by atoms with Crippen LogP contribution < -0.4 is 0 Å². The second kappa shape index (κ2) is 7.86. The molecule has 0 aromatic carbocycles. The van der Waals surface area contributed by atoms with Crippen LogP contribution in [0, 0.1) is 11.8 Å². The molecule has 0 saturated heterocycles. The van der Waals surface area contributed by atoms with E-state index in [9.17, 15) is 18.0 Å². The van der Waals surface area contributed by atoms with E-state index in [-0.39, 0.29) is 25.4 Å². The van der Waals surface area contributed by atoms with E-state index in [2.05, 4.69) is 0 Å². The fourth-order valence-electron chi connectivity index (χ4n) is 2.77. The van der Waals surface area contributed by atoms with Crippen molar-refractivity contribution in [2.75, 3.05) is 20.2 Å². The molecule has 6 heteroatoms. The van der Waals surface area contributed by atoms with E-state index in [1.807, 2.05) is 0 Å². The zero-order valence-electron chi connectivity index (χ0n) is 12.0. The first-order valence-electron chi connectivity index (χ1n) is 7.28. The van der Waals surface area contributed by atoms with Gasteiger partial charge in [-0.3, -0.25) is 4.79 Å². The van der Waals surface area contributed by atoms with Crippen LogP contribution >= 0.6 is 0 Å². The Morgan fingerprint density at radius 1 is 1.25 bits per heavy atom. The average molecular weight is 295 g/mol. The molecule has 0 aromatic rings. The number of nitrogens with zero attached hydrogens (tertiary/aromatic N) is 1. The molecule has 2 atom stereocenters. The van der Waals surface area contributed by atoms with Crippen molar-refractivity contribution >= 4 is 5.91 Å². The standard InChI is InChI=1S/C14H24F3NO2/c1-18(8-3-2-4-9-19)13(20)11-6-5-7-12(10-11)14(15,16)17/h11-12,19H,2-10H2,1H3. The number of carbonyl (C=O) groups excluding carboxylic acids is 1. The molecule has 1 aliphatic rings. The lowest BCUT2D eigenvalue weighted by molar-refractivity contribution is -0.187. The molecule has 1 amide bonds. The van der Waals surface area contributed by atoms with Gasteiger partial charge in [-0.1, -0.05) is 6.42 Å². The summed E-state index contributed by atoms with van der Waals surface area (Å²) < 4.78 is 38.2. The van der Waals surface area contributed by atoms with Gasteiger partial charge in [0.25, 0.3) is 0 Å². The van der Waals surface area contributed by atoms with E-state index in [0.717, 1.165) is 12.8 Å². The van der Waals surface area contributed by atoms with Gasteiger partial charge >= 0.3 is 6.18 Å². The quantitative estimate of drug-likeness (QED) is 0.765. The molecule has 2 unspecified atom stereocenters. The van der Waals surface area contributed by atoms with Gasteiger partial charge in [-0.2, -0.15) is 13.2 Å². The number of unbranched alkanes of at least 4 members (excludes halogenated alkanes) is 2. The minimum absolute atomic E-state index is 0.0662. The summed E-state index contributed by atoms with van der Waals surface area (Å²) in [4.78, 5) is 13.7. The molecular formula is C14H24F3NO2. The van der Waals surface area contributed by atoms with Crippen molar-refractivity contribution in [3.63, 3.8) is 0 Å². The highest BCUT2D eigenvalue weighted by Gasteiger charge is 2.43. The molecule has 0 bridgehead atoms. The van der Waals surface area contributed by atoms with E-state index in [0.29, 0.717) is 25.8 Å². The molecule has 1 rings (SSSR count). The van der Waals surface area contributed by atoms with Gasteiger partial charge < -0.3 is 10.0 Å². The molecule has 0 radical (unpaired) electrons. The third-order valence-electron chi connectivity index (χ3n) is 4.01. The fourth-order valence-corrected chi connectivity index (χ4v) is 2.77. The monoisotopic (exact) mass is 295 g/mol. The van der Waals surface area contributed by atoms with Gasteiger partial charge in [-0.15, -0.1) is 0 Å². The van der Waals surface area contributed by atoms with Crippen LogP contribution in [-0.4, -0.2) is 42.3 Å². The number of hydrogen-bond donors (Lipinski definition) is 1. The Labute approximate surface area is 118 Å². The lowest BCUT2D eigenvalue weighted by Crippen LogP contribution is -2.38. The predicted molar refractivity (Wildman–Crippen MR) is 70.1 cm³/mol. The van der Waals surface area contributed by atoms with Gasteiger partial charge in [-0.05, 0) is 38.5 Å². The van der Waals surface area contributed by atoms with Crippen molar-refractivity contribution in [2.45, 2.75) is 51.1 Å². The topological polar surface area (TPSA) is 40.5 Å². The minimum Gasteiger partial charge on any atom is -0.396 e. The number of rotatable bonds is 6. The summed E-state index contributed by atoms with van der Waals surface area (Å²) in [5.74, 6) is -1.98. The van der Waals surface area contributed by atoms with E-state index in [1.165, 1.54) is 0 Å². The van der Waals surface area contributed by atoms with Crippen molar-refractivity contribution in [1.82, 2.24) is 4.90 Å². The van der Waals surface area contributed by atoms with Gasteiger partial charge in [0.15, 0.2) is 0 Å². The molecule has 1 fully saturated rings. The van der Waals surface area contributed by atoms with E-state index in [4.69, 9.17) is 5.11 Å². The fraction of sp³-hybridized carbons (Fsp3) is 0.929. The van der Waals surface area contributed by atoms with Crippen LogP contribution in [0.2, 0.25) is 0 Å². The van der Waals surface area contributed by atoms with Crippen molar-refractivity contribution < 1.29 is 23.1 Å². The smallest absolute Gasteiger partial charge is 0.391 e. The summed E-state index contributed by atoms with van der Waals surface area (Å²) in [7, 11) is 1.65. The molecule has 1 saturated carbocycles. The number of alkyl halides is 3. The summed E-state index contributed by atoms with van der Waals surface area (Å²) in [6, 6.07) is 0. The van der Waals surface area contributed by atoms with Gasteiger partial charge in [0, 0.05) is 26.1 Å². The summed E-state index contributed by atoms with van der Waals surface area (Å²) in [6.45, 7) is 0.680. The van der Waals surface area contributed by atoms with Crippen molar-refractivity contribution in [2.24, 2.45) is 11.8 Å². The van der Waals surface area contributed by atoms with E-state index in [1.54, 1.807) is 11.9 Å². The zero-order valence-corrected chi connectivity index (χ0v) is 12.0. The zero-order chi connectivity index (χ0) is 15.2. The Morgan fingerprint density at radius 3 is 2.55 bits per heavy atom. The number of hydrogen-bond acceptors (Lipinski definition) is 2. The largest absolute Gasteiger partial charge is 0.396 e. The highest BCUT2D eigenvalue weighted by atomic mass is 19.4. The third-order valence-corrected chi connectivity index (χ3v) is 4.01. The van der Waals surface area contributed by atoms with E-state index < -0.39 is 18.0 Å². The van der Waals surface area contributed by atoms with Gasteiger partial charge in [0.05, 0.1) is 5.92 Å². The minimum atomic E-state index is -4.18. The molecule has 0 heterocycles. The number of aliphatic hydroxyl groups excluding tert-OH is 1. The molecule has 0 aromatic heterocycles. The molecule has 0 aliphatic heterocycles. The van der Waals surface area contributed by atoms with Crippen molar-refractivity contribution in [3.05, 3.63) is 0 Å². The molecule has 3 nitrogen and oxygen atoms in total. The Hall–Kier alpha value is -0.780. The summed E-state index contributed by atoms with van der Waals surface area (Å²) >= 11 is 0. The lowest BCUT2D eigenvalue weighted by Gasteiger charge is -2.32. The first-order valence-corrected chi connectivity index (χ1v) is 7.28. The molecule has 0 spiro atoms. The third kappa shape index (κ3) is 5.31. The van der Waals surface area contributed by atoms with Crippen LogP contribution in [0.5, 0.6) is 0 Å². The van der Waals surface area contributed by atoms with Crippen LogP contribution in [0.1, 0.15) is 44.9 Å². The number of carbonyl (C=O) groups is 1. The van der Waals surface area contributed by atoms with Crippen LogP contribution in [0.3, 0.4) is 0 Å². The lowest BCUT2D eigenvalue weighted by atomic mass is 9.80. The van der Waals surface area contributed by atoms with Gasteiger partial charge in [0.2, 0.25) is 5.91 Å². The van der Waals surface area contributed by atoms with Crippen LogP contribution in [0.4, 0.5) is 13.2 Å². The Morgan fingerprint density at radius 2 is 1.95 bits per heavy atom. The van der Waals surface area contributed by atoms with Gasteiger partial charge in [-0.25, -0.2) is 0 Å². The van der Waals surface area contributed by atoms with Crippen LogP contribution in [0.25, 0.3) is 0 Å². The molecule has 1 N–H and O–H groups in total. The molecule has 20 heavy (non-hydrogen) atoms. The maximum atomic E-state index is 12.7. The first kappa shape index (κ1) is 17.3. The Bertz CT molecular complexity index is 307. The van der Waals surface area contributed by atoms with Crippen molar-refractivity contribution in [3.8, 4) is 0 Å². The highest BCUT2D eigenvalue weighted by Crippen LogP contribution is 2.40. The normalized spacial score (nSPS) is 23.6. The average Bonchev–Trinajstić information content (AvgIpc) is 2.42. The number of aliphatic hydroxyl groups is 1. The SMILES string of the molecule is CN(CCCCCO)C(=O)C1CCCC(C(F)(F)F)C1. The van der Waals surface area contributed by atoms with Gasteiger partial charge in [0.1, 0.15) is 0 Å². The second-order valence-electron chi connectivity index (χ2n) is 5.65. The Balaban J connectivity index is 2.41. The molecular weight excluding hydrogens is 271 g/mol. The number of halogens is 3. The molecule has 1 aliphatic carbocycles.